The van der Waals surface area contributed by atoms with Crippen LogP contribution in [0.15, 0.2) is 76.0 Å². The molecule has 8 heteroatoms. The van der Waals surface area contributed by atoms with Gasteiger partial charge in [-0.2, -0.15) is 10.1 Å². The smallest absolute Gasteiger partial charge is 0.267 e. The summed E-state index contributed by atoms with van der Waals surface area (Å²) in [4.78, 5) is 16.5. The topological polar surface area (TPSA) is 83.0 Å². The number of hydrogen-bond acceptors (Lipinski definition) is 6. The molecule has 0 saturated carbocycles. The highest BCUT2D eigenvalue weighted by Gasteiger charge is 2.11. The van der Waals surface area contributed by atoms with Gasteiger partial charge in [0.15, 0.2) is 0 Å². The Labute approximate surface area is 165 Å². The van der Waals surface area contributed by atoms with E-state index in [9.17, 15) is 9.18 Å². The van der Waals surface area contributed by atoms with E-state index in [1.165, 1.54) is 17.7 Å². The van der Waals surface area contributed by atoms with Crippen LogP contribution in [0.2, 0.25) is 0 Å². The van der Waals surface area contributed by atoms with Crippen molar-refractivity contribution in [3.05, 3.63) is 83.0 Å². The summed E-state index contributed by atoms with van der Waals surface area (Å²) in [5, 5.41) is 8.32. The van der Waals surface area contributed by atoms with Crippen LogP contribution in [-0.2, 0) is 6.54 Å². The zero-order chi connectivity index (χ0) is 20.2. The molecule has 0 aliphatic rings. The van der Waals surface area contributed by atoms with Gasteiger partial charge in [0, 0.05) is 24.1 Å². The minimum absolute atomic E-state index is 0.0487. The molecule has 0 amide bonds. The molecule has 0 aliphatic carbocycles. The summed E-state index contributed by atoms with van der Waals surface area (Å²) in [6.07, 6.45) is -1.39. The van der Waals surface area contributed by atoms with Crippen LogP contribution in [0.3, 0.4) is 0 Å². The molecule has 4 aromatic rings. The number of ether oxygens (including phenoxy) is 1. The zero-order valence-corrected chi connectivity index (χ0v) is 15.5. The molecule has 0 radical (unpaired) electrons. The third kappa shape index (κ3) is 4.37. The molecule has 0 aliphatic heterocycles. The third-order valence-electron chi connectivity index (χ3n) is 4.10. The Balaban J connectivity index is 1.56. The Morgan fingerprint density at radius 2 is 1.79 bits per heavy atom. The molecule has 1 unspecified atom stereocenters. The molecule has 1 atom stereocenters. The Bertz CT molecular complexity index is 1150. The van der Waals surface area contributed by atoms with Gasteiger partial charge in [-0.3, -0.25) is 4.79 Å². The Hall–Kier alpha value is -3.81. The lowest BCUT2D eigenvalue weighted by Crippen LogP contribution is -2.23. The summed E-state index contributed by atoms with van der Waals surface area (Å²) >= 11 is 0. The molecule has 4 rings (SSSR count). The monoisotopic (exact) mass is 392 g/mol. The average molecular weight is 392 g/mol. The second-order valence-electron chi connectivity index (χ2n) is 6.28. The summed E-state index contributed by atoms with van der Waals surface area (Å²) in [5.74, 6) is 1.13. The van der Waals surface area contributed by atoms with Gasteiger partial charge in [0.05, 0.1) is 5.69 Å². The second-order valence-corrected chi connectivity index (χ2v) is 6.28. The number of alkyl halides is 1. The summed E-state index contributed by atoms with van der Waals surface area (Å²) < 4.78 is 24.4. The van der Waals surface area contributed by atoms with E-state index in [0.29, 0.717) is 17.3 Å². The lowest BCUT2D eigenvalue weighted by atomic mass is 10.1. The molecule has 2 aromatic heterocycles. The fourth-order valence-corrected chi connectivity index (χ4v) is 2.76. The van der Waals surface area contributed by atoms with Crippen LogP contribution in [0.5, 0.6) is 5.75 Å². The summed E-state index contributed by atoms with van der Waals surface area (Å²) in [6, 6.07) is 19.2. The van der Waals surface area contributed by atoms with Crippen LogP contribution >= 0.6 is 0 Å². The standard InChI is InChI=1S/C21H17FN4O3/c1-14(22)28-17-9-7-15(8-10-17)18-11-12-20(27)26(24-18)13-19-23-21(25-29-19)16-5-3-2-4-6-16/h2-12,14H,13H2,1H3. The van der Waals surface area contributed by atoms with Crippen LogP contribution in [0, 0.1) is 0 Å². The van der Waals surface area contributed by atoms with Gasteiger partial charge in [0.25, 0.3) is 5.56 Å². The normalized spacial score (nSPS) is 11.9. The lowest BCUT2D eigenvalue weighted by molar-refractivity contribution is 0.0861. The first-order valence-corrected chi connectivity index (χ1v) is 8.96. The highest BCUT2D eigenvalue weighted by molar-refractivity contribution is 5.59. The van der Waals surface area contributed by atoms with Crippen molar-refractivity contribution in [3.8, 4) is 28.4 Å². The van der Waals surface area contributed by atoms with Gasteiger partial charge in [-0.1, -0.05) is 35.5 Å². The first-order chi connectivity index (χ1) is 14.1. The Kier molecular flexibility index (Phi) is 5.15. The SMILES string of the molecule is CC(F)Oc1ccc(-c2ccc(=O)n(Cc3nc(-c4ccccc4)no3)n2)cc1. The van der Waals surface area contributed by atoms with Crippen molar-refractivity contribution in [1.29, 1.82) is 0 Å². The summed E-state index contributed by atoms with van der Waals surface area (Å²) in [7, 11) is 0. The molecule has 0 spiro atoms. The molecule has 7 nitrogen and oxygen atoms in total. The molecule has 2 aromatic carbocycles. The number of hydrogen-bond donors (Lipinski definition) is 0. The Morgan fingerprint density at radius 1 is 1.03 bits per heavy atom. The predicted octanol–water partition coefficient (Wildman–Crippen LogP) is 3.70. The summed E-state index contributed by atoms with van der Waals surface area (Å²) in [5.41, 5.74) is 1.86. The molecule has 146 valence electrons. The van der Waals surface area contributed by atoms with Crippen LogP contribution in [0.1, 0.15) is 12.8 Å². The lowest BCUT2D eigenvalue weighted by Gasteiger charge is -2.08. The highest BCUT2D eigenvalue weighted by atomic mass is 19.1. The van der Waals surface area contributed by atoms with Gasteiger partial charge in [-0.25, -0.2) is 9.07 Å². The van der Waals surface area contributed by atoms with E-state index in [-0.39, 0.29) is 18.0 Å². The molecular weight excluding hydrogens is 375 g/mol. The molecule has 0 fully saturated rings. The highest BCUT2D eigenvalue weighted by Crippen LogP contribution is 2.21. The fourth-order valence-electron chi connectivity index (χ4n) is 2.76. The third-order valence-corrected chi connectivity index (χ3v) is 4.10. The van der Waals surface area contributed by atoms with E-state index in [4.69, 9.17) is 9.26 Å². The number of benzene rings is 2. The largest absolute Gasteiger partial charge is 0.461 e. The minimum atomic E-state index is -1.39. The first-order valence-electron chi connectivity index (χ1n) is 8.96. The van der Waals surface area contributed by atoms with Gasteiger partial charge < -0.3 is 9.26 Å². The van der Waals surface area contributed by atoms with E-state index in [1.807, 2.05) is 30.3 Å². The number of halogens is 1. The van der Waals surface area contributed by atoms with E-state index >= 15 is 0 Å². The number of aromatic nitrogens is 4. The van der Waals surface area contributed by atoms with Crippen LogP contribution in [0.4, 0.5) is 4.39 Å². The van der Waals surface area contributed by atoms with Crippen molar-refractivity contribution < 1.29 is 13.7 Å². The molecule has 0 bridgehead atoms. The van der Waals surface area contributed by atoms with Gasteiger partial charge >= 0.3 is 0 Å². The maximum absolute atomic E-state index is 12.9. The van der Waals surface area contributed by atoms with Crippen molar-refractivity contribution in [2.24, 2.45) is 0 Å². The molecule has 29 heavy (non-hydrogen) atoms. The van der Waals surface area contributed by atoms with Crippen molar-refractivity contribution in [1.82, 2.24) is 19.9 Å². The first kappa shape index (κ1) is 18.5. The maximum Gasteiger partial charge on any atom is 0.267 e. The molecular formula is C21H17FN4O3. The average Bonchev–Trinajstić information content (AvgIpc) is 3.19. The van der Waals surface area contributed by atoms with Gasteiger partial charge in [0.2, 0.25) is 18.1 Å². The number of nitrogens with zero attached hydrogens (tertiary/aromatic N) is 4. The minimum Gasteiger partial charge on any atom is -0.461 e. The van der Waals surface area contributed by atoms with Crippen molar-refractivity contribution in [2.45, 2.75) is 19.8 Å². The quantitative estimate of drug-likeness (QED) is 0.498. The maximum atomic E-state index is 12.9. The van der Waals surface area contributed by atoms with Crippen molar-refractivity contribution in [2.75, 3.05) is 0 Å². The van der Waals surface area contributed by atoms with Crippen LogP contribution in [-0.4, -0.2) is 26.3 Å². The van der Waals surface area contributed by atoms with Crippen molar-refractivity contribution in [3.63, 3.8) is 0 Å². The molecule has 0 N–H and O–H groups in total. The molecule has 2 heterocycles. The van der Waals surface area contributed by atoms with Crippen LogP contribution in [0.25, 0.3) is 22.6 Å². The predicted molar refractivity (Wildman–Crippen MR) is 104 cm³/mol. The van der Waals surface area contributed by atoms with E-state index in [2.05, 4.69) is 15.2 Å². The molecule has 0 saturated heterocycles. The van der Waals surface area contributed by atoms with E-state index < -0.39 is 6.36 Å². The van der Waals surface area contributed by atoms with Crippen molar-refractivity contribution >= 4 is 0 Å². The number of rotatable bonds is 6. The Morgan fingerprint density at radius 3 is 2.52 bits per heavy atom. The van der Waals surface area contributed by atoms with Gasteiger partial charge in [-0.15, -0.1) is 0 Å². The second kappa shape index (κ2) is 8.05. The van der Waals surface area contributed by atoms with E-state index in [0.717, 1.165) is 11.1 Å². The summed E-state index contributed by atoms with van der Waals surface area (Å²) in [6.45, 7) is 1.36. The zero-order valence-electron chi connectivity index (χ0n) is 15.5. The van der Waals surface area contributed by atoms with Crippen LogP contribution < -0.4 is 10.3 Å². The van der Waals surface area contributed by atoms with E-state index in [1.54, 1.807) is 30.3 Å². The van der Waals surface area contributed by atoms with Gasteiger partial charge in [-0.05, 0) is 30.3 Å². The fraction of sp³-hybridized carbons (Fsp3) is 0.143. The van der Waals surface area contributed by atoms with Gasteiger partial charge in [0.1, 0.15) is 12.3 Å².